The Hall–Kier alpha value is -1.11. The lowest BCUT2D eigenvalue weighted by molar-refractivity contribution is -0.142. The van der Waals surface area contributed by atoms with Crippen LogP contribution in [0.3, 0.4) is 0 Å². The van der Waals surface area contributed by atoms with Crippen LogP contribution in [0.2, 0.25) is 0 Å². The van der Waals surface area contributed by atoms with Crippen LogP contribution in [-0.2, 0) is 19.3 Å². The quantitative estimate of drug-likeness (QED) is 0.639. The van der Waals surface area contributed by atoms with E-state index in [1.807, 2.05) is 13.8 Å². The van der Waals surface area contributed by atoms with Gasteiger partial charge in [-0.25, -0.2) is 8.57 Å². The Morgan fingerprint density at radius 3 is 2.05 bits per heavy atom. The van der Waals surface area contributed by atoms with E-state index in [2.05, 4.69) is 4.36 Å². The highest BCUT2D eigenvalue weighted by Crippen LogP contribution is 2.11. The maximum absolute atomic E-state index is 12.4. The van der Waals surface area contributed by atoms with Crippen LogP contribution in [0.25, 0.3) is 0 Å². The second-order valence-electron chi connectivity index (χ2n) is 4.46. The number of nitrogens with zero attached hydrogens (tertiary/aromatic N) is 1. The number of rotatable bonds is 10. The maximum Gasteiger partial charge on any atom is 0.308 e. The number of carboxylic acid groups (broad SMARTS) is 2. The van der Waals surface area contributed by atoms with Gasteiger partial charge in [0.05, 0.1) is 12.5 Å². The van der Waals surface area contributed by atoms with Gasteiger partial charge in [-0.15, -0.1) is 0 Å². The molecule has 2 N–H and O–H groups in total. The third-order valence-electron chi connectivity index (χ3n) is 2.63. The first-order valence-electron chi connectivity index (χ1n) is 6.47. The van der Waals surface area contributed by atoms with Gasteiger partial charge in [0.2, 0.25) is 0 Å². The molecule has 0 rings (SSSR count). The van der Waals surface area contributed by atoms with Gasteiger partial charge in [-0.2, -0.15) is 0 Å². The van der Waals surface area contributed by atoms with E-state index in [0.717, 1.165) is 12.8 Å². The maximum atomic E-state index is 12.4. The van der Waals surface area contributed by atoms with E-state index in [1.54, 1.807) is 0 Å². The van der Waals surface area contributed by atoms with Gasteiger partial charge < -0.3 is 10.2 Å². The lowest BCUT2D eigenvalue weighted by atomic mass is 10.0. The van der Waals surface area contributed by atoms with Gasteiger partial charge in [0.1, 0.15) is 0 Å². The average Bonchev–Trinajstić information content (AvgIpc) is 2.28. The Morgan fingerprint density at radius 2 is 1.68 bits per heavy atom. The summed E-state index contributed by atoms with van der Waals surface area (Å²) in [5, 5.41) is 17.6. The SMILES string of the molecule is CCCS(=O)(CCC)=NCC(CCC(=O)O)C(=O)O. The van der Waals surface area contributed by atoms with Crippen molar-refractivity contribution < 1.29 is 24.0 Å². The molecule has 0 aliphatic rings. The summed E-state index contributed by atoms with van der Waals surface area (Å²) in [7, 11) is -2.34. The predicted molar refractivity (Wildman–Crippen MR) is 73.7 cm³/mol. The molecule has 0 aliphatic carbocycles. The van der Waals surface area contributed by atoms with E-state index < -0.39 is 27.6 Å². The van der Waals surface area contributed by atoms with Crippen molar-refractivity contribution in [2.45, 2.75) is 39.5 Å². The Bertz CT molecular complexity index is 400. The number of aliphatic carboxylic acids is 2. The third kappa shape index (κ3) is 7.81. The molecule has 0 fully saturated rings. The summed E-state index contributed by atoms with van der Waals surface area (Å²) >= 11 is 0. The van der Waals surface area contributed by atoms with Crippen LogP contribution in [0.15, 0.2) is 4.36 Å². The summed E-state index contributed by atoms with van der Waals surface area (Å²) in [4.78, 5) is 21.5. The molecule has 0 saturated carbocycles. The van der Waals surface area contributed by atoms with Gasteiger partial charge in [-0.3, -0.25) is 9.59 Å². The van der Waals surface area contributed by atoms with Crippen LogP contribution >= 0.6 is 0 Å². The lowest BCUT2D eigenvalue weighted by Crippen LogP contribution is -2.20. The summed E-state index contributed by atoms with van der Waals surface area (Å²) in [6, 6.07) is 0. The second kappa shape index (κ2) is 8.90. The second-order valence-corrected chi connectivity index (χ2v) is 7.08. The Labute approximate surface area is 114 Å². The molecule has 7 heteroatoms. The molecule has 0 heterocycles. The zero-order chi connectivity index (χ0) is 14.9. The molecule has 6 nitrogen and oxygen atoms in total. The fraction of sp³-hybridized carbons (Fsp3) is 0.833. The van der Waals surface area contributed by atoms with Gasteiger partial charge in [0.15, 0.2) is 0 Å². The Balaban J connectivity index is 4.77. The largest absolute Gasteiger partial charge is 0.481 e. The lowest BCUT2D eigenvalue weighted by Gasteiger charge is -2.11. The van der Waals surface area contributed by atoms with E-state index in [-0.39, 0.29) is 19.4 Å². The summed E-state index contributed by atoms with van der Waals surface area (Å²) in [5.74, 6) is -2.06. The van der Waals surface area contributed by atoms with Gasteiger partial charge >= 0.3 is 11.9 Å². The molecule has 0 amide bonds. The number of carboxylic acids is 2. The molecule has 0 saturated heterocycles. The molecule has 0 aromatic carbocycles. The van der Waals surface area contributed by atoms with Crippen molar-refractivity contribution in [1.29, 1.82) is 0 Å². The van der Waals surface area contributed by atoms with Crippen molar-refractivity contribution in [3.05, 3.63) is 0 Å². The molecule has 19 heavy (non-hydrogen) atoms. The zero-order valence-electron chi connectivity index (χ0n) is 11.5. The summed E-state index contributed by atoms with van der Waals surface area (Å²) in [6.45, 7) is 3.75. The molecule has 112 valence electrons. The molecular formula is C12H23NO5S. The topological polar surface area (TPSA) is 104 Å². The monoisotopic (exact) mass is 293 g/mol. The van der Waals surface area contributed by atoms with Crippen molar-refractivity contribution in [3.8, 4) is 0 Å². The highest BCUT2D eigenvalue weighted by molar-refractivity contribution is 7.93. The first kappa shape index (κ1) is 17.9. The first-order chi connectivity index (χ1) is 8.84. The van der Waals surface area contributed by atoms with E-state index in [0.29, 0.717) is 11.5 Å². The van der Waals surface area contributed by atoms with Crippen LogP contribution in [0.4, 0.5) is 0 Å². The van der Waals surface area contributed by atoms with Crippen molar-refractivity contribution in [2.24, 2.45) is 10.3 Å². The Morgan fingerprint density at radius 1 is 1.16 bits per heavy atom. The first-order valence-corrected chi connectivity index (χ1v) is 8.32. The predicted octanol–water partition coefficient (Wildman–Crippen LogP) is 1.84. The van der Waals surface area contributed by atoms with Gasteiger partial charge in [0, 0.05) is 27.7 Å². The van der Waals surface area contributed by atoms with Crippen LogP contribution in [-0.4, -0.2) is 44.4 Å². The van der Waals surface area contributed by atoms with E-state index in [1.165, 1.54) is 0 Å². The van der Waals surface area contributed by atoms with Gasteiger partial charge in [-0.05, 0) is 19.3 Å². The fourth-order valence-electron chi connectivity index (χ4n) is 1.69. The molecule has 1 atom stereocenters. The van der Waals surface area contributed by atoms with E-state index in [4.69, 9.17) is 10.2 Å². The molecule has 0 spiro atoms. The summed E-state index contributed by atoms with van der Waals surface area (Å²) < 4.78 is 16.5. The van der Waals surface area contributed by atoms with Crippen molar-refractivity contribution >= 4 is 21.7 Å². The van der Waals surface area contributed by atoms with E-state index >= 15 is 0 Å². The summed E-state index contributed by atoms with van der Waals surface area (Å²) in [5.41, 5.74) is 0. The highest BCUT2D eigenvalue weighted by atomic mass is 32.2. The van der Waals surface area contributed by atoms with Crippen LogP contribution in [0.1, 0.15) is 39.5 Å². The van der Waals surface area contributed by atoms with Crippen LogP contribution in [0, 0.1) is 5.92 Å². The molecule has 0 aromatic heterocycles. The number of carbonyl (C=O) groups is 2. The van der Waals surface area contributed by atoms with Crippen LogP contribution < -0.4 is 0 Å². The van der Waals surface area contributed by atoms with Crippen molar-refractivity contribution in [2.75, 3.05) is 18.1 Å². The minimum absolute atomic E-state index is 0.0158. The molecular weight excluding hydrogens is 270 g/mol. The normalized spacial score (nSPS) is 12.9. The molecule has 0 bridgehead atoms. The smallest absolute Gasteiger partial charge is 0.308 e. The molecule has 0 radical (unpaired) electrons. The number of hydrogen-bond acceptors (Lipinski definition) is 4. The standard InChI is InChI=1S/C12H23NO5S/c1-3-7-19(18,8-4-2)13-9-10(12(16)17)5-6-11(14)15/h10H,3-9H2,1-2H3,(H,14,15)(H,16,17). The van der Waals surface area contributed by atoms with Gasteiger partial charge in [-0.1, -0.05) is 13.8 Å². The fourth-order valence-corrected chi connectivity index (χ4v) is 3.88. The number of hydrogen-bond donors (Lipinski definition) is 2. The van der Waals surface area contributed by atoms with E-state index in [9.17, 15) is 13.8 Å². The Kier molecular flexibility index (Phi) is 8.38. The van der Waals surface area contributed by atoms with Gasteiger partial charge in [0.25, 0.3) is 0 Å². The minimum atomic E-state index is -2.34. The highest BCUT2D eigenvalue weighted by Gasteiger charge is 2.19. The van der Waals surface area contributed by atoms with Crippen molar-refractivity contribution in [3.63, 3.8) is 0 Å². The van der Waals surface area contributed by atoms with Crippen molar-refractivity contribution in [1.82, 2.24) is 0 Å². The third-order valence-corrected chi connectivity index (χ3v) is 5.34. The average molecular weight is 293 g/mol. The zero-order valence-corrected chi connectivity index (χ0v) is 12.3. The molecule has 0 aromatic rings. The van der Waals surface area contributed by atoms with Crippen LogP contribution in [0.5, 0.6) is 0 Å². The molecule has 1 unspecified atom stereocenters. The molecule has 0 aliphatic heterocycles. The summed E-state index contributed by atoms with van der Waals surface area (Å²) in [6.07, 6.45) is 1.27. The minimum Gasteiger partial charge on any atom is -0.481 e.